The number of aromatic nitrogens is 4. The lowest BCUT2D eigenvalue weighted by Gasteiger charge is -2.05. The van der Waals surface area contributed by atoms with Gasteiger partial charge in [0, 0.05) is 24.0 Å². The summed E-state index contributed by atoms with van der Waals surface area (Å²) in [5.74, 6) is -1.54. The Hall–Kier alpha value is -3.16. The third-order valence-corrected chi connectivity index (χ3v) is 2.21. The number of anilines is 1. The minimum absolute atomic E-state index is 0.0578. The zero-order valence-corrected chi connectivity index (χ0v) is 10.1. The maximum atomic E-state index is 12.1. The Balaban J connectivity index is 2.24. The Bertz CT molecular complexity index is 657. The van der Waals surface area contributed by atoms with Crippen LogP contribution in [0.2, 0.25) is 0 Å². The maximum Gasteiger partial charge on any atom is 0.328 e. The minimum atomic E-state index is -1.11. The number of carbonyl (C=O) groups is 2. The summed E-state index contributed by atoms with van der Waals surface area (Å²) in [7, 11) is 0. The van der Waals surface area contributed by atoms with E-state index in [2.05, 4.69) is 25.5 Å². The molecule has 0 radical (unpaired) electrons. The first-order valence-electron chi connectivity index (χ1n) is 5.47. The molecule has 0 fully saturated rings. The number of carboxylic acid groups (broad SMARTS) is 1. The van der Waals surface area contributed by atoms with Crippen LogP contribution in [0.25, 0.3) is 6.08 Å². The third-order valence-electron chi connectivity index (χ3n) is 2.21. The van der Waals surface area contributed by atoms with Gasteiger partial charge in [-0.2, -0.15) is 5.10 Å². The van der Waals surface area contributed by atoms with Crippen LogP contribution in [0.15, 0.2) is 36.9 Å². The van der Waals surface area contributed by atoms with Crippen molar-refractivity contribution in [1.29, 1.82) is 0 Å². The molecule has 100 valence electrons. The van der Waals surface area contributed by atoms with E-state index in [4.69, 9.17) is 5.11 Å². The SMILES string of the molecule is O=C(O)/C=C/c1cnccc1C(=O)Nc1nccnn1. The predicted molar refractivity (Wildman–Crippen MR) is 68.7 cm³/mol. The molecular formula is C12H9N5O3. The fourth-order valence-corrected chi connectivity index (χ4v) is 1.38. The molecule has 8 nitrogen and oxygen atoms in total. The molecule has 8 heteroatoms. The van der Waals surface area contributed by atoms with Crippen LogP contribution < -0.4 is 5.32 Å². The van der Waals surface area contributed by atoms with E-state index in [0.717, 1.165) is 6.08 Å². The van der Waals surface area contributed by atoms with Gasteiger partial charge in [-0.05, 0) is 12.1 Å². The van der Waals surface area contributed by atoms with Gasteiger partial charge >= 0.3 is 5.97 Å². The van der Waals surface area contributed by atoms with Gasteiger partial charge in [-0.1, -0.05) is 0 Å². The maximum absolute atomic E-state index is 12.1. The number of aliphatic carboxylic acids is 1. The minimum Gasteiger partial charge on any atom is -0.478 e. The molecule has 20 heavy (non-hydrogen) atoms. The van der Waals surface area contributed by atoms with Gasteiger partial charge in [0.1, 0.15) is 0 Å². The molecule has 0 aromatic carbocycles. The molecule has 0 aliphatic carbocycles. The molecule has 2 heterocycles. The Morgan fingerprint density at radius 2 is 2.10 bits per heavy atom. The molecule has 0 aliphatic rings. The zero-order valence-electron chi connectivity index (χ0n) is 10.1. The summed E-state index contributed by atoms with van der Waals surface area (Å²) < 4.78 is 0. The highest BCUT2D eigenvalue weighted by Gasteiger charge is 2.11. The van der Waals surface area contributed by atoms with Crippen molar-refractivity contribution < 1.29 is 14.7 Å². The van der Waals surface area contributed by atoms with E-state index in [9.17, 15) is 9.59 Å². The predicted octanol–water partition coefficient (Wildman–Crippen LogP) is 0.617. The van der Waals surface area contributed by atoms with E-state index in [-0.39, 0.29) is 11.5 Å². The van der Waals surface area contributed by atoms with Crippen LogP contribution >= 0.6 is 0 Å². The Kier molecular flexibility index (Phi) is 4.07. The number of hydrogen-bond acceptors (Lipinski definition) is 6. The molecule has 0 atom stereocenters. The molecule has 0 unspecified atom stereocenters. The van der Waals surface area contributed by atoms with Crippen LogP contribution in [0.1, 0.15) is 15.9 Å². The molecular weight excluding hydrogens is 262 g/mol. The number of pyridine rings is 1. The molecule has 2 aromatic rings. The van der Waals surface area contributed by atoms with Crippen molar-refractivity contribution in [1.82, 2.24) is 20.2 Å². The number of hydrogen-bond donors (Lipinski definition) is 2. The second-order valence-corrected chi connectivity index (χ2v) is 3.55. The second kappa shape index (κ2) is 6.14. The van der Waals surface area contributed by atoms with Gasteiger partial charge in [-0.3, -0.25) is 15.1 Å². The molecule has 2 N–H and O–H groups in total. The molecule has 0 aliphatic heterocycles. The monoisotopic (exact) mass is 271 g/mol. The Morgan fingerprint density at radius 1 is 1.25 bits per heavy atom. The number of rotatable bonds is 4. The van der Waals surface area contributed by atoms with Crippen molar-refractivity contribution in [2.24, 2.45) is 0 Å². The summed E-state index contributed by atoms with van der Waals surface area (Å²) >= 11 is 0. The van der Waals surface area contributed by atoms with E-state index in [1.165, 1.54) is 36.9 Å². The first-order chi connectivity index (χ1) is 9.66. The largest absolute Gasteiger partial charge is 0.478 e. The molecule has 0 bridgehead atoms. The average molecular weight is 271 g/mol. The quantitative estimate of drug-likeness (QED) is 0.782. The summed E-state index contributed by atoms with van der Waals surface area (Å²) in [5.41, 5.74) is 0.626. The highest BCUT2D eigenvalue weighted by atomic mass is 16.4. The van der Waals surface area contributed by atoms with Gasteiger partial charge in [0.15, 0.2) is 0 Å². The average Bonchev–Trinajstić information content (AvgIpc) is 2.46. The zero-order chi connectivity index (χ0) is 14.4. The molecule has 0 saturated carbocycles. The molecule has 2 rings (SSSR count). The summed E-state index contributed by atoms with van der Waals surface area (Å²) in [5, 5.41) is 18.3. The molecule has 0 saturated heterocycles. The first kappa shape index (κ1) is 13.3. The smallest absolute Gasteiger partial charge is 0.328 e. The highest BCUT2D eigenvalue weighted by molar-refractivity contribution is 6.06. The van der Waals surface area contributed by atoms with Crippen molar-refractivity contribution >= 4 is 23.9 Å². The van der Waals surface area contributed by atoms with E-state index < -0.39 is 11.9 Å². The summed E-state index contributed by atoms with van der Waals surface area (Å²) in [6, 6.07) is 1.47. The van der Waals surface area contributed by atoms with Gasteiger partial charge in [-0.25, -0.2) is 9.78 Å². The van der Waals surface area contributed by atoms with Crippen LogP contribution in [0.3, 0.4) is 0 Å². The van der Waals surface area contributed by atoms with Gasteiger partial charge in [-0.15, -0.1) is 5.10 Å². The van der Waals surface area contributed by atoms with Crippen molar-refractivity contribution in [3.63, 3.8) is 0 Å². The summed E-state index contributed by atoms with van der Waals surface area (Å²) in [4.78, 5) is 30.2. The number of carboxylic acids is 1. The fourth-order valence-electron chi connectivity index (χ4n) is 1.38. The Labute approximate surface area is 113 Å². The van der Waals surface area contributed by atoms with E-state index >= 15 is 0 Å². The molecule has 2 aromatic heterocycles. The topological polar surface area (TPSA) is 118 Å². The number of carbonyl (C=O) groups excluding carboxylic acids is 1. The van der Waals surface area contributed by atoms with E-state index in [0.29, 0.717) is 5.56 Å². The fraction of sp³-hybridized carbons (Fsp3) is 0. The van der Waals surface area contributed by atoms with Crippen molar-refractivity contribution in [3.8, 4) is 0 Å². The number of nitrogens with zero attached hydrogens (tertiary/aromatic N) is 4. The van der Waals surface area contributed by atoms with Gasteiger partial charge < -0.3 is 5.11 Å². The van der Waals surface area contributed by atoms with Gasteiger partial charge in [0.05, 0.1) is 18.0 Å². The van der Waals surface area contributed by atoms with Crippen LogP contribution in [0.5, 0.6) is 0 Å². The van der Waals surface area contributed by atoms with Crippen LogP contribution in [0, 0.1) is 0 Å². The lowest BCUT2D eigenvalue weighted by atomic mass is 10.1. The van der Waals surface area contributed by atoms with Crippen LogP contribution in [-0.4, -0.2) is 37.1 Å². The van der Waals surface area contributed by atoms with E-state index in [1.807, 2.05) is 0 Å². The molecule has 1 amide bonds. The van der Waals surface area contributed by atoms with Crippen LogP contribution in [0.4, 0.5) is 5.95 Å². The second-order valence-electron chi connectivity index (χ2n) is 3.55. The van der Waals surface area contributed by atoms with Crippen LogP contribution in [-0.2, 0) is 4.79 Å². The normalized spacial score (nSPS) is 10.4. The highest BCUT2D eigenvalue weighted by Crippen LogP contribution is 2.10. The summed E-state index contributed by atoms with van der Waals surface area (Å²) in [6.07, 6.45) is 7.79. The first-order valence-corrected chi connectivity index (χ1v) is 5.47. The lowest BCUT2D eigenvalue weighted by molar-refractivity contribution is -0.131. The number of amides is 1. The van der Waals surface area contributed by atoms with Gasteiger partial charge in [0.25, 0.3) is 5.91 Å². The van der Waals surface area contributed by atoms with Crippen molar-refractivity contribution in [2.75, 3.05) is 5.32 Å². The molecule has 0 spiro atoms. The number of nitrogens with one attached hydrogen (secondary N) is 1. The Morgan fingerprint density at radius 3 is 2.80 bits per heavy atom. The lowest BCUT2D eigenvalue weighted by Crippen LogP contribution is -2.15. The van der Waals surface area contributed by atoms with Crippen molar-refractivity contribution in [3.05, 3.63) is 48.1 Å². The third kappa shape index (κ3) is 3.42. The van der Waals surface area contributed by atoms with Crippen molar-refractivity contribution in [2.45, 2.75) is 0 Å². The standard InChI is InChI=1S/C12H9N5O3/c18-10(19)2-1-8-7-13-4-3-9(8)11(20)16-12-14-5-6-15-17-12/h1-7H,(H,18,19)(H,14,16,17,20)/b2-1+. The van der Waals surface area contributed by atoms with E-state index in [1.54, 1.807) is 0 Å². The van der Waals surface area contributed by atoms with Gasteiger partial charge in [0.2, 0.25) is 5.95 Å². The summed E-state index contributed by atoms with van der Waals surface area (Å²) in [6.45, 7) is 0.